The number of hydrogen-bond donors (Lipinski definition) is 2. The molecule has 19 heavy (non-hydrogen) atoms. The number of anilines is 1. The minimum atomic E-state index is 0.0411. The number of rotatable bonds is 3. The fourth-order valence-electron chi connectivity index (χ4n) is 2.18. The van der Waals surface area contributed by atoms with E-state index in [1.807, 2.05) is 0 Å². The zero-order valence-corrected chi connectivity index (χ0v) is 10.4. The van der Waals surface area contributed by atoms with Crippen LogP contribution in [0.1, 0.15) is 12.2 Å². The highest BCUT2D eigenvalue weighted by molar-refractivity contribution is 5.66. The van der Waals surface area contributed by atoms with Gasteiger partial charge in [0.2, 0.25) is 0 Å². The Morgan fingerprint density at radius 3 is 3.05 bits per heavy atom. The first-order valence-electron chi connectivity index (χ1n) is 6.21. The fraction of sp³-hybridized carbons (Fsp3) is 0.385. The maximum Gasteiger partial charge on any atom is 0.261 e. The molecule has 0 saturated carbocycles. The molecule has 1 aromatic carbocycles. The minimum absolute atomic E-state index is 0.0411. The molecular weight excluding hydrogens is 246 g/mol. The molecule has 1 fully saturated rings. The second-order valence-electron chi connectivity index (χ2n) is 4.73. The van der Waals surface area contributed by atoms with Gasteiger partial charge in [-0.15, -0.1) is 0 Å². The largest absolute Gasteiger partial charge is 0.507 e. The number of aromatic hydroxyl groups is 1. The van der Waals surface area contributed by atoms with E-state index >= 15 is 0 Å². The third-order valence-electron chi connectivity index (χ3n) is 3.22. The normalized spacial score (nSPS) is 18.8. The van der Waals surface area contributed by atoms with E-state index in [1.165, 1.54) is 6.07 Å². The van der Waals surface area contributed by atoms with Crippen LogP contribution in [0.25, 0.3) is 11.5 Å². The summed E-state index contributed by atoms with van der Waals surface area (Å²) in [5.41, 5.74) is 6.56. The number of aromatic nitrogens is 2. The molecule has 100 valence electrons. The highest BCUT2D eigenvalue weighted by Gasteiger charge is 2.20. The average molecular weight is 261 g/mol. The Balaban J connectivity index is 1.80. The number of hydrogen-bond acceptors (Lipinski definition) is 6. The van der Waals surface area contributed by atoms with Gasteiger partial charge in [-0.3, -0.25) is 0 Å². The van der Waals surface area contributed by atoms with Crippen molar-refractivity contribution < 1.29 is 14.4 Å². The molecule has 1 aliphatic heterocycles. The van der Waals surface area contributed by atoms with Crippen LogP contribution in [-0.2, 0) is 11.2 Å². The van der Waals surface area contributed by atoms with E-state index in [0.717, 1.165) is 26.1 Å². The molecule has 1 aliphatic rings. The van der Waals surface area contributed by atoms with Gasteiger partial charge >= 0.3 is 0 Å². The lowest BCUT2D eigenvalue weighted by Gasteiger charge is -2.01. The molecular formula is C13H15N3O3. The lowest BCUT2D eigenvalue weighted by atomic mass is 10.1. The smallest absolute Gasteiger partial charge is 0.261 e. The van der Waals surface area contributed by atoms with Crippen LogP contribution in [0.3, 0.4) is 0 Å². The Morgan fingerprint density at radius 2 is 2.32 bits per heavy atom. The van der Waals surface area contributed by atoms with Crippen LogP contribution in [0.5, 0.6) is 5.75 Å². The highest BCUT2D eigenvalue weighted by Crippen LogP contribution is 2.29. The van der Waals surface area contributed by atoms with Crippen molar-refractivity contribution >= 4 is 5.69 Å². The molecule has 6 nitrogen and oxygen atoms in total. The molecule has 1 atom stereocenters. The van der Waals surface area contributed by atoms with Gasteiger partial charge in [-0.05, 0) is 24.5 Å². The molecule has 0 amide bonds. The van der Waals surface area contributed by atoms with Crippen LogP contribution >= 0.6 is 0 Å². The Labute approximate surface area is 110 Å². The summed E-state index contributed by atoms with van der Waals surface area (Å²) >= 11 is 0. The number of nitrogens with two attached hydrogens (primary N) is 1. The third-order valence-corrected chi connectivity index (χ3v) is 3.22. The topological polar surface area (TPSA) is 94.4 Å². The van der Waals surface area contributed by atoms with Gasteiger partial charge < -0.3 is 20.1 Å². The van der Waals surface area contributed by atoms with Gasteiger partial charge in [-0.2, -0.15) is 4.98 Å². The van der Waals surface area contributed by atoms with Crippen molar-refractivity contribution in [1.82, 2.24) is 10.1 Å². The predicted molar refractivity (Wildman–Crippen MR) is 68.4 cm³/mol. The zero-order chi connectivity index (χ0) is 13.2. The summed E-state index contributed by atoms with van der Waals surface area (Å²) < 4.78 is 10.5. The van der Waals surface area contributed by atoms with Crippen LogP contribution in [0.2, 0.25) is 0 Å². The monoisotopic (exact) mass is 261 g/mol. The van der Waals surface area contributed by atoms with E-state index in [2.05, 4.69) is 10.1 Å². The Kier molecular flexibility index (Phi) is 3.08. The van der Waals surface area contributed by atoms with Gasteiger partial charge in [0.25, 0.3) is 5.89 Å². The first kappa shape index (κ1) is 12.0. The van der Waals surface area contributed by atoms with Gasteiger partial charge in [0, 0.05) is 31.4 Å². The van der Waals surface area contributed by atoms with Gasteiger partial charge in [-0.25, -0.2) is 0 Å². The molecule has 0 spiro atoms. The van der Waals surface area contributed by atoms with Crippen LogP contribution < -0.4 is 5.73 Å². The molecule has 6 heteroatoms. The van der Waals surface area contributed by atoms with E-state index in [4.69, 9.17) is 15.0 Å². The molecule has 0 aliphatic carbocycles. The van der Waals surface area contributed by atoms with Crippen LogP contribution in [0.15, 0.2) is 22.7 Å². The number of ether oxygens (including phenoxy) is 1. The lowest BCUT2D eigenvalue weighted by molar-refractivity contribution is 0.185. The number of nitrogen functional groups attached to an aromatic ring is 1. The van der Waals surface area contributed by atoms with Gasteiger partial charge in [-0.1, -0.05) is 5.16 Å². The molecule has 0 radical (unpaired) electrons. The SMILES string of the molecule is Nc1ccc(-c2nc(CC3CCOC3)no2)c(O)c1. The summed E-state index contributed by atoms with van der Waals surface area (Å²) in [5, 5.41) is 13.7. The van der Waals surface area contributed by atoms with E-state index < -0.39 is 0 Å². The van der Waals surface area contributed by atoms with Gasteiger partial charge in [0.1, 0.15) is 5.75 Å². The molecule has 3 N–H and O–H groups in total. The molecule has 0 bridgehead atoms. The van der Waals surface area contributed by atoms with Crippen molar-refractivity contribution in [3.63, 3.8) is 0 Å². The highest BCUT2D eigenvalue weighted by atomic mass is 16.5. The molecule has 3 rings (SSSR count). The first-order chi connectivity index (χ1) is 9.22. The Bertz CT molecular complexity index is 576. The fourth-order valence-corrected chi connectivity index (χ4v) is 2.18. The van der Waals surface area contributed by atoms with Crippen LogP contribution in [0, 0.1) is 5.92 Å². The summed E-state index contributed by atoms with van der Waals surface area (Å²) in [6.45, 7) is 1.55. The first-order valence-corrected chi connectivity index (χ1v) is 6.21. The van der Waals surface area contributed by atoms with Crippen molar-refractivity contribution in [3.05, 3.63) is 24.0 Å². The van der Waals surface area contributed by atoms with Crippen molar-refractivity contribution in [2.45, 2.75) is 12.8 Å². The summed E-state index contributed by atoms with van der Waals surface area (Å²) in [5.74, 6) is 1.44. The summed E-state index contributed by atoms with van der Waals surface area (Å²) in [6, 6.07) is 4.81. The average Bonchev–Trinajstić information content (AvgIpc) is 3.01. The standard InChI is InChI=1S/C13H15N3O3/c14-9-1-2-10(11(17)6-9)13-15-12(16-19-13)5-8-3-4-18-7-8/h1-2,6,8,17H,3-5,7,14H2. The summed E-state index contributed by atoms with van der Waals surface area (Å²) in [4.78, 5) is 4.30. The zero-order valence-electron chi connectivity index (χ0n) is 10.4. The van der Waals surface area contributed by atoms with E-state index in [1.54, 1.807) is 12.1 Å². The molecule has 2 heterocycles. The van der Waals surface area contributed by atoms with Gasteiger partial charge in [0.05, 0.1) is 5.56 Å². The molecule has 1 unspecified atom stereocenters. The number of nitrogens with zero attached hydrogens (tertiary/aromatic N) is 2. The van der Waals surface area contributed by atoms with Crippen LogP contribution in [-0.4, -0.2) is 28.5 Å². The van der Waals surface area contributed by atoms with Crippen LogP contribution in [0.4, 0.5) is 5.69 Å². The molecule has 1 saturated heterocycles. The second-order valence-corrected chi connectivity index (χ2v) is 4.73. The molecule has 1 aromatic heterocycles. The van der Waals surface area contributed by atoms with Crippen molar-refractivity contribution in [2.75, 3.05) is 18.9 Å². The second kappa shape index (κ2) is 4.89. The van der Waals surface area contributed by atoms with Crippen molar-refractivity contribution in [3.8, 4) is 17.2 Å². The molecule has 2 aromatic rings. The third kappa shape index (κ3) is 2.53. The maximum absolute atomic E-state index is 9.81. The van der Waals surface area contributed by atoms with Gasteiger partial charge in [0.15, 0.2) is 5.82 Å². The van der Waals surface area contributed by atoms with E-state index in [9.17, 15) is 5.11 Å². The van der Waals surface area contributed by atoms with Crippen molar-refractivity contribution in [2.24, 2.45) is 5.92 Å². The minimum Gasteiger partial charge on any atom is -0.507 e. The van der Waals surface area contributed by atoms with Crippen molar-refractivity contribution in [1.29, 1.82) is 0 Å². The predicted octanol–water partition coefficient (Wildman–Crippen LogP) is 1.60. The quantitative estimate of drug-likeness (QED) is 0.815. The van der Waals surface area contributed by atoms with E-state index in [-0.39, 0.29) is 5.75 Å². The number of phenolic OH excluding ortho intramolecular Hbond substituents is 1. The van der Waals surface area contributed by atoms with E-state index in [0.29, 0.717) is 28.9 Å². The maximum atomic E-state index is 9.81. The number of benzene rings is 1. The Morgan fingerprint density at radius 1 is 1.42 bits per heavy atom. The summed E-state index contributed by atoms with van der Waals surface area (Å²) in [6.07, 6.45) is 1.76. The summed E-state index contributed by atoms with van der Waals surface area (Å²) in [7, 11) is 0. The number of phenols is 1. The lowest BCUT2D eigenvalue weighted by Crippen LogP contribution is -2.04. The Hall–Kier alpha value is -2.08.